The molecule has 9 nitrogen and oxygen atoms in total. The maximum Gasteiger partial charge on any atom is 0.407 e. The van der Waals surface area contributed by atoms with Crippen molar-refractivity contribution in [3.63, 3.8) is 0 Å². The molecule has 2 aromatic carbocycles. The number of aliphatic carboxylic acids is 1. The van der Waals surface area contributed by atoms with E-state index in [4.69, 9.17) is 9.84 Å². The van der Waals surface area contributed by atoms with Crippen LogP contribution in [0.4, 0.5) is 4.79 Å². The number of ether oxygens (including phenoxy) is 1. The van der Waals surface area contributed by atoms with Gasteiger partial charge >= 0.3 is 12.1 Å². The topological polar surface area (TPSA) is 123 Å². The van der Waals surface area contributed by atoms with Gasteiger partial charge in [0, 0.05) is 25.4 Å². The third kappa shape index (κ3) is 5.34. The summed E-state index contributed by atoms with van der Waals surface area (Å²) in [6.45, 7) is 1.99. The average molecular weight is 477 g/mol. The molecular weight excluding hydrogens is 448 g/mol. The number of carboxylic acid groups (broad SMARTS) is 1. The Hall–Kier alpha value is -4.14. The van der Waals surface area contributed by atoms with Crippen LogP contribution >= 0.6 is 0 Å². The maximum absolute atomic E-state index is 12.7. The molecule has 1 unspecified atom stereocenters. The van der Waals surface area contributed by atoms with Crippen LogP contribution in [0.5, 0.6) is 0 Å². The van der Waals surface area contributed by atoms with E-state index in [1.54, 1.807) is 14.0 Å². The van der Waals surface area contributed by atoms with Gasteiger partial charge in [-0.2, -0.15) is 5.10 Å². The Morgan fingerprint density at radius 1 is 1.09 bits per heavy atom. The predicted octanol–water partition coefficient (Wildman–Crippen LogP) is 3.44. The molecule has 3 aromatic rings. The molecule has 3 N–H and O–H groups in total. The van der Waals surface area contributed by atoms with Crippen LogP contribution in [0, 0.1) is 0 Å². The second-order valence-electron chi connectivity index (χ2n) is 8.61. The number of carbonyl (C=O) groups excluding carboxylic acids is 2. The summed E-state index contributed by atoms with van der Waals surface area (Å²) in [4.78, 5) is 35.9. The van der Waals surface area contributed by atoms with Crippen LogP contribution in [0.2, 0.25) is 0 Å². The highest BCUT2D eigenvalue weighted by molar-refractivity contribution is 5.95. The number of fused-ring (bicyclic) bond motifs is 3. The van der Waals surface area contributed by atoms with Crippen LogP contribution in [0.15, 0.2) is 54.7 Å². The Bertz CT molecular complexity index is 1210. The van der Waals surface area contributed by atoms with Crippen LogP contribution < -0.4 is 10.6 Å². The van der Waals surface area contributed by atoms with Gasteiger partial charge in [0.2, 0.25) is 0 Å². The summed E-state index contributed by atoms with van der Waals surface area (Å²) in [6, 6.07) is 15.9. The smallest absolute Gasteiger partial charge is 0.407 e. The number of aromatic nitrogens is 2. The molecule has 4 rings (SSSR count). The minimum Gasteiger partial charge on any atom is -0.481 e. The van der Waals surface area contributed by atoms with Gasteiger partial charge in [-0.1, -0.05) is 48.5 Å². The molecule has 182 valence electrons. The van der Waals surface area contributed by atoms with E-state index in [1.165, 1.54) is 10.9 Å². The number of rotatable bonds is 9. The van der Waals surface area contributed by atoms with Gasteiger partial charge in [-0.3, -0.25) is 14.3 Å². The zero-order chi connectivity index (χ0) is 24.9. The number of amides is 2. The number of hydrogen-bond donors (Lipinski definition) is 3. The molecule has 0 spiro atoms. The monoisotopic (exact) mass is 476 g/mol. The molecule has 1 heterocycles. The third-order valence-corrected chi connectivity index (χ3v) is 6.22. The van der Waals surface area contributed by atoms with Gasteiger partial charge in [-0.15, -0.1) is 0 Å². The second kappa shape index (κ2) is 10.4. The molecule has 0 saturated heterocycles. The molecule has 9 heteroatoms. The summed E-state index contributed by atoms with van der Waals surface area (Å²) in [6.07, 6.45) is 1.11. The number of nitrogens with zero attached hydrogens (tertiary/aromatic N) is 2. The summed E-state index contributed by atoms with van der Waals surface area (Å²) < 4.78 is 7.08. The van der Waals surface area contributed by atoms with Crippen molar-refractivity contribution in [3.05, 3.63) is 77.1 Å². The minimum atomic E-state index is -0.916. The molecule has 0 fully saturated rings. The molecule has 1 aliphatic rings. The van der Waals surface area contributed by atoms with Crippen molar-refractivity contribution in [1.82, 2.24) is 20.4 Å². The van der Waals surface area contributed by atoms with E-state index in [1.807, 2.05) is 24.3 Å². The number of benzene rings is 2. The fourth-order valence-electron chi connectivity index (χ4n) is 4.38. The first-order valence-electron chi connectivity index (χ1n) is 11.5. The van der Waals surface area contributed by atoms with E-state index in [0.29, 0.717) is 17.7 Å². The molecule has 0 aliphatic heterocycles. The first-order chi connectivity index (χ1) is 16.8. The summed E-state index contributed by atoms with van der Waals surface area (Å²) in [5, 5.41) is 18.4. The quantitative estimate of drug-likeness (QED) is 0.435. The summed E-state index contributed by atoms with van der Waals surface area (Å²) in [5.74, 6) is -1.33. The zero-order valence-electron chi connectivity index (χ0n) is 19.7. The first-order valence-corrected chi connectivity index (χ1v) is 11.5. The van der Waals surface area contributed by atoms with Crippen LogP contribution in [0.1, 0.15) is 52.9 Å². The van der Waals surface area contributed by atoms with Crippen molar-refractivity contribution in [3.8, 4) is 11.1 Å². The lowest BCUT2D eigenvalue weighted by Gasteiger charge is -2.15. The third-order valence-electron chi connectivity index (χ3n) is 6.22. The number of alkyl carbamates (subject to hydrolysis) is 1. The first kappa shape index (κ1) is 24.0. The SMILES string of the molecule is CC(CCC(=O)O)NC(=O)c1cnn(C)c1CNC(=O)OCC1c2ccccc2-c2ccccc21. The van der Waals surface area contributed by atoms with Gasteiger partial charge in [-0.05, 0) is 35.6 Å². The number of carbonyl (C=O) groups is 3. The lowest BCUT2D eigenvalue weighted by Crippen LogP contribution is -2.34. The van der Waals surface area contributed by atoms with Crippen molar-refractivity contribution in [2.45, 2.75) is 38.3 Å². The van der Waals surface area contributed by atoms with Crippen LogP contribution in [-0.2, 0) is 23.1 Å². The predicted molar refractivity (Wildman–Crippen MR) is 129 cm³/mol. The lowest BCUT2D eigenvalue weighted by molar-refractivity contribution is -0.137. The zero-order valence-corrected chi connectivity index (χ0v) is 19.7. The van der Waals surface area contributed by atoms with Gasteiger partial charge in [0.25, 0.3) is 5.91 Å². The molecule has 0 saturated carbocycles. The lowest BCUT2D eigenvalue weighted by atomic mass is 9.98. The van der Waals surface area contributed by atoms with Crippen LogP contribution in [0.25, 0.3) is 11.1 Å². The molecule has 35 heavy (non-hydrogen) atoms. The Labute approximate surface area is 203 Å². The molecular formula is C26H28N4O5. The number of carboxylic acids is 1. The van der Waals surface area contributed by atoms with E-state index in [9.17, 15) is 14.4 Å². The highest BCUT2D eigenvalue weighted by atomic mass is 16.5. The average Bonchev–Trinajstić information content (AvgIpc) is 3.37. The van der Waals surface area contributed by atoms with Crippen molar-refractivity contribution in [1.29, 1.82) is 0 Å². The van der Waals surface area contributed by atoms with E-state index in [0.717, 1.165) is 22.3 Å². The second-order valence-corrected chi connectivity index (χ2v) is 8.61. The fraction of sp³-hybridized carbons (Fsp3) is 0.308. The summed E-state index contributed by atoms with van der Waals surface area (Å²) >= 11 is 0. The Morgan fingerprint density at radius 2 is 1.71 bits per heavy atom. The molecule has 1 aliphatic carbocycles. The van der Waals surface area contributed by atoms with Gasteiger partial charge < -0.3 is 20.5 Å². The largest absolute Gasteiger partial charge is 0.481 e. The number of aryl methyl sites for hydroxylation is 1. The van der Waals surface area contributed by atoms with Gasteiger partial charge in [0.1, 0.15) is 6.61 Å². The van der Waals surface area contributed by atoms with E-state index < -0.39 is 12.1 Å². The van der Waals surface area contributed by atoms with Gasteiger partial charge in [0.15, 0.2) is 0 Å². The Kier molecular flexibility index (Phi) is 7.14. The number of hydrogen-bond acceptors (Lipinski definition) is 5. The Morgan fingerprint density at radius 3 is 2.34 bits per heavy atom. The van der Waals surface area contributed by atoms with Crippen molar-refractivity contribution in [2.24, 2.45) is 7.05 Å². The van der Waals surface area contributed by atoms with Gasteiger partial charge in [0.05, 0.1) is 24.0 Å². The highest BCUT2D eigenvalue weighted by Gasteiger charge is 2.29. The summed E-state index contributed by atoms with van der Waals surface area (Å²) in [7, 11) is 1.68. The van der Waals surface area contributed by atoms with E-state index in [2.05, 4.69) is 40.0 Å². The standard InChI is InChI=1S/C26H28N4O5/c1-16(11-12-24(31)32)29-25(33)21-13-28-30(2)23(21)14-27-26(34)35-15-22-19-9-5-3-7-17(19)18-8-4-6-10-20(18)22/h3-10,13,16,22H,11-12,14-15H2,1-2H3,(H,27,34)(H,29,33)(H,31,32). The Balaban J connectivity index is 1.35. The fourth-order valence-corrected chi connectivity index (χ4v) is 4.38. The van der Waals surface area contributed by atoms with Crippen LogP contribution in [0.3, 0.4) is 0 Å². The summed E-state index contributed by atoms with van der Waals surface area (Å²) in [5.41, 5.74) is 5.39. The molecule has 0 radical (unpaired) electrons. The van der Waals surface area contributed by atoms with E-state index in [-0.39, 0.29) is 37.4 Å². The van der Waals surface area contributed by atoms with Crippen molar-refractivity contribution >= 4 is 18.0 Å². The molecule has 1 atom stereocenters. The number of nitrogens with one attached hydrogen (secondary N) is 2. The molecule has 1 aromatic heterocycles. The van der Waals surface area contributed by atoms with E-state index >= 15 is 0 Å². The molecule has 0 bridgehead atoms. The normalized spacial score (nSPS) is 13.0. The maximum atomic E-state index is 12.7. The highest BCUT2D eigenvalue weighted by Crippen LogP contribution is 2.44. The van der Waals surface area contributed by atoms with Crippen molar-refractivity contribution in [2.75, 3.05) is 6.61 Å². The molecule has 2 amide bonds. The van der Waals surface area contributed by atoms with Crippen LogP contribution in [-0.4, -0.2) is 45.5 Å². The van der Waals surface area contributed by atoms with Gasteiger partial charge in [-0.25, -0.2) is 4.79 Å². The van der Waals surface area contributed by atoms with Crippen molar-refractivity contribution < 1.29 is 24.2 Å². The minimum absolute atomic E-state index is 0.0370.